The number of carbonyl (C=O) groups excluding carboxylic acids is 1. The van der Waals surface area contributed by atoms with Crippen molar-refractivity contribution in [3.8, 4) is 0 Å². The first-order valence-corrected chi connectivity index (χ1v) is 5.94. The van der Waals surface area contributed by atoms with E-state index in [2.05, 4.69) is 15.3 Å². The Kier molecular flexibility index (Phi) is 4.01. The van der Waals surface area contributed by atoms with Crippen molar-refractivity contribution in [2.24, 2.45) is 0 Å². The monoisotopic (exact) mass is 301 g/mol. The van der Waals surface area contributed by atoms with Crippen molar-refractivity contribution in [3.63, 3.8) is 0 Å². The number of halogens is 3. The van der Waals surface area contributed by atoms with E-state index in [0.717, 1.165) is 0 Å². The van der Waals surface area contributed by atoms with Crippen LogP contribution in [-0.2, 0) is 0 Å². The second-order valence-electron chi connectivity index (χ2n) is 3.28. The molecule has 1 aromatic carbocycles. The summed E-state index contributed by atoms with van der Waals surface area (Å²) in [6, 6.07) is 4.93. The van der Waals surface area contributed by atoms with Crippen LogP contribution in [0.2, 0.25) is 15.2 Å². The number of nitrogens with one attached hydrogen (secondary N) is 1. The molecule has 0 atom stereocenters. The predicted octanol–water partition coefficient (Wildman–Crippen LogP) is 3.69. The number of hydrogen-bond acceptors (Lipinski definition) is 3. The number of amides is 1. The highest BCUT2D eigenvalue weighted by atomic mass is 35.5. The van der Waals surface area contributed by atoms with E-state index in [-0.39, 0.29) is 15.9 Å². The predicted molar refractivity (Wildman–Crippen MR) is 71.5 cm³/mol. The normalized spacial score (nSPS) is 10.2. The van der Waals surface area contributed by atoms with Crippen LogP contribution in [0.25, 0.3) is 0 Å². The Hall–Kier alpha value is -1.36. The molecule has 0 spiro atoms. The molecule has 2 rings (SSSR count). The first-order valence-electron chi connectivity index (χ1n) is 4.81. The zero-order valence-corrected chi connectivity index (χ0v) is 11.1. The van der Waals surface area contributed by atoms with Crippen LogP contribution in [0.3, 0.4) is 0 Å². The second-order valence-corrected chi connectivity index (χ2v) is 4.45. The van der Waals surface area contributed by atoms with Crippen LogP contribution < -0.4 is 5.32 Å². The maximum Gasteiger partial charge on any atom is 0.275 e. The lowest BCUT2D eigenvalue weighted by molar-refractivity contribution is 0.102. The van der Waals surface area contributed by atoms with Gasteiger partial charge in [-0.15, -0.1) is 0 Å². The molecule has 18 heavy (non-hydrogen) atoms. The lowest BCUT2D eigenvalue weighted by atomic mass is 10.3. The zero-order chi connectivity index (χ0) is 13.1. The molecule has 0 saturated carbocycles. The van der Waals surface area contributed by atoms with Crippen molar-refractivity contribution < 1.29 is 4.79 Å². The van der Waals surface area contributed by atoms with Crippen LogP contribution in [0.5, 0.6) is 0 Å². The summed E-state index contributed by atoms with van der Waals surface area (Å²) in [6.45, 7) is 0. The summed E-state index contributed by atoms with van der Waals surface area (Å²) in [6.07, 6.45) is 2.64. The Balaban J connectivity index is 2.24. The number of carbonyl (C=O) groups is 1. The molecule has 1 aromatic heterocycles. The second kappa shape index (κ2) is 5.52. The molecule has 0 aliphatic rings. The van der Waals surface area contributed by atoms with Gasteiger partial charge in [0.05, 0.1) is 28.1 Å². The third-order valence-electron chi connectivity index (χ3n) is 2.04. The molecule has 0 fully saturated rings. The molecule has 0 bridgehead atoms. The van der Waals surface area contributed by atoms with E-state index in [1.54, 1.807) is 18.2 Å². The minimum Gasteiger partial charge on any atom is -0.319 e. The molecule has 1 N–H and O–H groups in total. The molecule has 0 radical (unpaired) electrons. The summed E-state index contributed by atoms with van der Waals surface area (Å²) in [5.41, 5.74) is 0.495. The van der Waals surface area contributed by atoms with Gasteiger partial charge in [-0.05, 0) is 12.1 Å². The molecule has 1 heterocycles. The number of nitrogens with zero attached hydrogens (tertiary/aromatic N) is 2. The smallest absolute Gasteiger partial charge is 0.275 e. The Bertz CT molecular complexity index is 604. The van der Waals surface area contributed by atoms with E-state index in [1.165, 1.54) is 12.4 Å². The van der Waals surface area contributed by atoms with E-state index in [1.807, 2.05) is 0 Å². The fourth-order valence-corrected chi connectivity index (χ4v) is 1.73. The van der Waals surface area contributed by atoms with Gasteiger partial charge in [-0.2, -0.15) is 0 Å². The van der Waals surface area contributed by atoms with Crippen LogP contribution in [-0.4, -0.2) is 15.9 Å². The highest BCUT2D eigenvalue weighted by Gasteiger charge is 2.12. The topological polar surface area (TPSA) is 54.9 Å². The first kappa shape index (κ1) is 13.1. The lowest BCUT2D eigenvalue weighted by Crippen LogP contribution is -2.14. The van der Waals surface area contributed by atoms with Crippen molar-refractivity contribution >= 4 is 46.4 Å². The first-order chi connectivity index (χ1) is 8.58. The van der Waals surface area contributed by atoms with Gasteiger partial charge in [0.1, 0.15) is 10.8 Å². The van der Waals surface area contributed by atoms with Gasteiger partial charge in [0.2, 0.25) is 0 Å². The Morgan fingerprint density at radius 2 is 1.94 bits per heavy atom. The van der Waals surface area contributed by atoms with E-state index in [4.69, 9.17) is 34.8 Å². The molecule has 92 valence electrons. The summed E-state index contributed by atoms with van der Waals surface area (Å²) < 4.78 is 0. The number of hydrogen-bond donors (Lipinski definition) is 1. The SMILES string of the molecule is O=C(Nc1cccc(Cl)c1Cl)c1cncc(Cl)n1. The van der Waals surface area contributed by atoms with E-state index < -0.39 is 5.91 Å². The molecule has 1 amide bonds. The minimum absolute atomic E-state index is 0.0959. The molecule has 7 heteroatoms. The van der Waals surface area contributed by atoms with Gasteiger partial charge in [0, 0.05) is 0 Å². The molecule has 0 unspecified atom stereocenters. The Morgan fingerprint density at radius 3 is 2.67 bits per heavy atom. The summed E-state index contributed by atoms with van der Waals surface area (Å²) in [7, 11) is 0. The molecule has 0 saturated heterocycles. The van der Waals surface area contributed by atoms with Crippen molar-refractivity contribution in [1.29, 1.82) is 0 Å². The third kappa shape index (κ3) is 2.90. The van der Waals surface area contributed by atoms with Crippen molar-refractivity contribution in [2.45, 2.75) is 0 Å². The highest BCUT2D eigenvalue weighted by Crippen LogP contribution is 2.29. The summed E-state index contributed by atoms with van der Waals surface area (Å²) in [5, 5.41) is 3.34. The minimum atomic E-state index is -0.464. The molecule has 0 aliphatic carbocycles. The van der Waals surface area contributed by atoms with E-state index in [0.29, 0.717) is 10.7 Å². The van der Waals surface area contributed by atoms with Crippen LogP contribution >= 0.6 is 34.8 Å². The molecular weight excluding hydrogens is 296 g/mol. The van der Waals surface area contributed by atoms with Crippen molar-refractivity contribution in [1.82, 2.24) is 9.97 Å². The molecular formula is C11H6Cl3N3O. The van der Waals surface area contributed by atoms with Crippen LogP contribution in [0.15, 0.2) is 30.6 Å². The molecule has 2 aromatic rings. The molecule has 0 aliphatic heterocycles. The standard InChI is InChI=1S/C11H6Cl3N3O/c12-6-2-1-3-7(10(6)14)17-11(18)8-4-15-5-9(13)16-8/h1-5H,(H,17,18). The van der Waals surface area contributed by atoms with Gasteiger partial charge in [0.15, 0.2) is 0 Å². The van der Waals surface area contributed by atoms with Gasteiger partial charge in [0.25, 0.3) is 5.91 Å². The number of anilines is 1. The Labute approximate surface area is 118 Å². The average Bonchev–Trinajstić information content (AvgIpc) is 2.35. The quantitative estimate of drug-likeness (QED) is 0.920. The Morgan fingerprint density at radius 1 is 1.17 bits per heavy atom. The lowest BCUT2D eigenvalue weighted by Gasteiger charge is -2.07. The maximum absolute atomic E-state index is 11.9. The van der Waals surface area contributed by atoms with E-state index in [9.17, 15) is 4.79 Å². The summed E-state index contributed by atoms with van der Waals surface area (Å²) in [4.78, 5) is 19.5. The van der Waals surface area contributed by atoms with Gasteiger partial charge in [-0.25, -0.2) is 4.98 Å². The van der Waals surface area contributed by atoms with E-state index >= 15 is 0 Å². The fourth-order valence-electron chi connectivity index (χ4n) is 1.24. The van der Waals surface area contributed by atoms with Gasteiger partial charge in [-0.3, -0.25) is 9.78 Å². The molecule has 4 nitrogen and oxygen atoms in total. The van der Waals surface area contributed by atoms with Gasteiger partial charge < -0.3 is 5.32 Å². The van der Waals surface area contributed by atoms with Crippen molar-refractivity contribution in [2.75, 3.05) is 5.32 Å². The van der Waals surface area contributed by atoms with Crippen LogP contribution in [0, 0.1) is 0 Å². The highest BCUT2D eigenvalue weighted by molar-refractivity contribution is 6.44. The number of benzene rings is 1. The zero-order valence-electron chi connectivity index (χ0n) is 8.82. The summed E-state index contributed by atoms with van der Waals surface area (Å²) >= 11 is 17.4. The average molecular weight is 303 g/mol. The van der Waals surface area contributed by atoms with Crippen molar-refractivity contribution in [3.05, 3.63) is 51.5 Å². The summed E-state index contributed by atoms with van der Waals surface area (Å²) in [5.74, 6) is -0.464. The van der Waals surface area contributed by atoms with Gasteiger partial charge in [-0.1, -0.05) is 40.9 Å². The van der Waals surface area contributed by atoms with Crippen LogP contribution in [0.1, 0.15) is 10.5 Å². The number of rotatable bonds is 2. The van der Waals surface area contributed by atoms with Gasteiger partial charge >= 0.3 is 0 Å². The number of aromatic nitrogens is 2. The maximum atomic E-state index is 11.9. The largest absolute Gasteiger partial charge is 0.319 e. The third-order valence-corrected chi connectivity index (χ3v) is 3.04. The fraction of sp³-hybridized carbons (Fsp3) is 0. The van der Waals surface area contributed by atoms with Crippen LogP contribution in [0.4, 0.5) is 5.69 Å².